The molecule has 0 saturated carbocycles. The summed E-state index contributed by atoms with van der Waals surface area (Å²) in [5, 5.41) is 3.03. The summed E-state index contributed by atoms with van der Waals surface area (Å²) in [4.78, 5) is 0. The van der Waals surface area contributed by atoms with E-state index >= 15 is 0 Å². The van der Waals surface area contributed by atoms with Crippen LogP contribution in [0.1, 0.15) is 24.5 Å². The summed E-state index contributed by atoms with van der Waals surface area (Å²) in [5.74, 6) is 0. The standard InChI is InChI=1S/C15H16BrF3N2/c1-2-4-21-5-3-11(10-21)9-20-14-7-12(15(17,18)19)6-13(16)8-14/h3,5-8,10,20H,2,4,9H2,1H3. The highest BCUT2D eigenvalue weighted by Crippen LogP contribution is 2.33. The van der Waals surface area contributed by atoms with E-state index in [2.05, 4.69) is 32.7 Å². The third-order valence-electron chi connectivity index (χ3n) is 3.02. The van der Waals surface area contributed by atoms with E-state index in [0.29, 0.717) is 16.7 Å². The molecule has 0 unspecified atom stereocenters. The Morgan fingerprint density at radius 3 is 2.67 bits per heavy atom. The first-order chi connectivity index (χ1) is 9.88. The first-order valence-electron chi connectivity index (χ1n) is 6.65. The molecule has 1 aromatic heterocycles. The number of benzene rings is 1. The van der Waals surface area contributed by atoms with Gasteiger partial charge >= 0.3 is 6.18 Å². The van der Waals surface area contributed by atoms with Gasteiger partial charge in [0.1, 0.15) is 0 Å². The predicted octanol–water partition coefficient (Wildman–Crippen LogP) is 5.29. The fraction of sp³-hybridized carbons (Fsp3) is 0.333. The number of nitrogens with zero attached hydrogens (tertiary/aromatic N) is 1. The van der Waals surface area contributed by atoms with Crippen LogP contribution in [0.4, 0.5) is 18.9 Å². The SMILES string of the molecule is CCCn1ccc(CNc2cc(Br)cc(C(F)(F)F)c2)c1. The Morgan fingerprint density at radius 1 is 1.24 bits per heavy atom. The maximum atomic E-state index is 12.7. The Balaban J connectivity index is 2.07. The van der Waals surface area contributed by atoms with E-state index in [4.69, 9.17) is 0 Å². The van der Waals surface area contributed by atoms with E-state index in [1.54, 1.807) is 6.07 Å². The van der Waals surface area contributed by atoms with Gasteiger partial charge in [-0.1, -0.05) is 22.9 Å². The van der Waals surface area contributed by atoms with Gasteiger partial charge in [-0.25, -0.2) is 0 Å². The second-order valence-electron chi connectivity index (χ2n) is 4.84. The molecule has 0 atom stereocenters. The lowest BCUT2D eigenvalue weighted by Crippen LogP contribution is -2.06. The van der Waals surface area contributed by atoms with Gasteiger partial charge < -0.3 is 9.88 Å². The zero-order valence-electron chi connectivity index (χ0n) is 11.5. The van der Waals surface area contributed by atoms with Crippen molar-refractivity contribution in [2.24, 2.45) is 0 Å². The molecule has 0 fully saturated rings. The normalized spacial score (nSPS) is 11.7. The van der Waals surface area contributed by atoms with Crippen LogP contribution in [0.5, 0.6) is 0 Å². The number of hydrogen-bond acceptors (Lipinski definition) is 1. The molecule has 0 aliphatic rings. The average molecular weight is 361 g/mol. The Bertz CT molecular complexity index is 605. The molecule has 0 saturated heterocycles. The lowest BCUT2D eigenvalue weighted by molar-refractivity contribution is -0.137. The zero-order valence-corrected chi connectivity index (χ0v) is 13.1. The topological polar surface area (TPSA) is 17.0 Å². The van der Waals surface area contributed by atoms with Crippen LogP contribution in [0, 0.1) is 0 Å². The van der Waals surface area contributed by atoms with Crippen LogP contribution in [0.2, 0.25) is 0 Å². The van der Waals surface area contributed by atoms with Crippen molar-refractivity contribution in [2.45, 2.75) is 32.6 Å². The van der Waals surface area contributed by atoms with Gasteiger partial charge in [0.15, 0.2) is 0 Å². The fourth-order valence-corrected chi connectivity index (χ4v) is 2.55. The Hall–Kier alpha value is -1.43. The Morgan fingerprint density at radius 2 is 2.00 bits per heavy atom. The number of alkyl halides is 3. The summed E-state index contributed by atoms with van der Waals surface area (Å²) in [6.07, 6.45) is 0.675. The average Bonchev–Trinajstić information content (AvgIpc) is 2.83. The van der Waals surface area contributed by atoms with Crippen molar-refractivity contribution in [3.63, 3.8) is 0 Å². The number of aryl methyl sites for hydroxylation is 1. The molecule has 2 nitrogen and oxygen atoms in total. The third kappa shape index (κ3) is 4.52. The van der Waals surface area contributed by atoms with Gasteiger partial charge in [-0.2, -0.15) is 13.2 Å². The summed E-state index contributed by atoms with van der Waals surface area (Å²) in [6, 6.07) is 5.79. The maximum Gasteiger partial charge on any atom is 0.416 e. The molecule has 1 aromatic carbocycles. The lowest BCUT2D eigenvalue weighted by Gasteiger charge is -2.11. The molecule has 2 rings (SSSR count). The molecule has 0 spiro atoms. The van der Waals surface area contributed by atoms with E-state index in [1.165, 1.54) is 0 Å². The molecule has 21 heavy (non-hydrogen) atoms. The highest BCUT2D eigenvalue weighted by Gasteiger charge is 2.31. The van der Waals surface area contributed by atoms with Crippen LogP contribution in [-0.4, -0.2) is 4.57 Å². The summed E-state index contributed by atoms with van der Waals surface area (Å²) < 4.78 is 40.7. The van der Waals surface area contributed by atoms with Crippen molar-refractivity contribution >= 4 is 21.6 Å². The largest absolute Gasteiger partial charge is 0.416 e. The number of hydrogen-bond donors (Lipinski definition) is 1. The minimum absolute atomic E-state index is 0.406. The summed E-state index contributed by atoms with van der Waals surface area (Å²) in [5.41, 5.74) is 0.819. The van der Waals surface area contributed by atoms with Crippen molar-refractivity contribution in [1.82, 2.24) is 4.57 Å². The molecule has 0 radical (unpaired) electrons. The number of rotatable bonds is 5. The number of halogens is 4. The van der Waals surface area contributed by atoms with Gasteiger partial charge in [-0.3, -0.25) is 0 Å². The van der Waals surface area contributed by atoms with Crippen molar-refractivity contribution in [3.05, 3.63) is 52.3 Å². The van der Waals surface area contributed by atoms with Gasteiger partial charge in [0.2, 0.25) is 0 Å². The highest BCUT2D eigenvalue weighted by molar-refractivity contribution is 9.10. The minimum atomic E-state index is -4.34. The summed E-state index contributed by atoms with van der Waals surface area (Å²) in [7, 11) is 0. The second kappa shape index (κ2) is 6.56. The van der Waals surface area contributed by atoms with E-state index in [-0.39, 0.29) is 0 Å². The molecule has 114 valence electrons. The van der Waals surface area contributed by atoms with Crippen LogP contribution in [0.15, 0.2) is 41.1 Å². The third-order valence-corrected chi connectivity index (χ3v) is 3.47. The summed E-state index contributed by atoms with van der Waals surface area (Å²) in [6.45, 7) is 3.53. The van der Waals surface area contributed by atoms with Gasteiger partial charge in [0.25, 0.3) is 0 Å². The monoisotopic (exact) mass is 360 g/mol. The van der Waals surface area contributed by atoms with Gasteiger partial charge in [-0.15, -0.1) is 0 Å². The molecule has 6 heteroatoms. The summed E-state index contributed by atoms with van der Waals surface area (Å²) >= 11 is 3.11. The van der Waals surface area contributed by atoms with Crippen molar-refractivity contribution in [1.29, 1.82) is 0 Å². The second-order valence-corrected chi connectivity index (χ2v) is 5.75. The zero-order chi connectivity index (χ0) is 15.5. The van der Waals surface area contributed by atoms with Gasteiger partial charge in [0, 0.05) is 35.6 Å². The van der Waals surface area contributed by atoms with Crippen LogP contribution < -0.4 is 5.32 Å². The molecule has 0 amide bonds. The number of aromatic nitrogens is 1. The number of anilines is 1. The first-order valence-corrected chi connectivity index (χ1v) is 7.44. The molecule has 1 heterocycles. The number of nitrogens with one attached hydrogen (secondary N) is 1. The van der Waals surface area contributed by atoms with Crippen molar-refractivity contribution < 1.29 is 13.2 Å². The molecular formula is C15H16BrF3N2. The minimum Gasteiger partial charge on any atom is -0.381 e. The van der Waals surface area contributed by atoms with Crippen molar-refractivity contribution in [3.8, 4) is 0 Å². The van der Waals surface area contributed by atoms with Crippen LogP contribution in [0.25, 0.3) is 0 Å². The van der Waals surface area contributed by atoms with Crippen LogP contribution in [-0.2, 0) is 19.3 Å². The fourth-order valence-electron chi connectivity index (χ4n) is 2.05. The van der Waals surface area contributed by atoms with Crippen molar-refractivity contribution in [2.75, 3.05) is 5.32 Å². The Labute approximate surface area is 130 Å². The van der Waals surface area contributed by atoms with E-state index in [0.717, 1.165) is 30.7 Å². The molecule has 0 aliphatic carbocycles. The predicted molar refractivity (Wildman–Crippen MR) is 81.2 cm³/mol. The first kappa shape index (κ1) is 15.9. The van der Waals surface area contributed by atoms with E-state index < -0.39 is 11.7 Å². The molecular weight excluding hydrogens is 345 g/mol. The quantitative estimate of drug-likeness (QED) is 0.766. The molecule has 2 aromatic rings. The molecule has 0 aliphatic heterocycles. The van der Waals surface area contributed by atoms with Gasteiger partial charge in [-0.05, 0) is 36.2 Å². The maximum absolute atomic E-state index is 12.7. The smallest absolute Gasteiger partial charge is 0.381 e. The van der Waals surface area contributed by atoms with Crippen LogP contribution >= 0.6 is 15.9 Å². The lowest BCUT2D eigenvalue weighted by atomic mass is 10.2. The van der Waals surface area contributed by atoms with E-state index in [9.17, 15) is 13.2 Å². The molecule has 1 N–H and O–H groups in total. The molecule has 0 bridgehead atoms. The highest BCUT2D eigenvalue weighted by atomic mass is 79.9. The Kier molecular flexibility index (Phi) is 4.98. The van der Waals surface area contributed by atoms with Gasteiger partial charge in [0.05, 0.1) is 5.56 Å². The van der Waals surface area contributed by atoms with Crippen LogP contribution in [0.3, 0.4) is 0 Å². The van der Waals surface area contributed by atoms with E-state index in [1.807, 2.05) is 18.5 Å².